The summed E-state index contributed by atoms with van der Waals surface area (Å²) in [5.74, 6) is -0.688. The van der Waals surface area contributed by atoms with Gasteiger partial charge in [0.25, 0.3) is 0 Å². The number of H-pyrrole nitrogens is 1. The van der Waals surface area contributed by atoms with E-state index >= 15 is 0 Å². The molecule has 0 amide bonds. The standard InChI is InChI=1S/C34H40N2O8S/c1-19-6-7-20(14-29(19)45(5,39)40)8-11-30(37)44-28-15-21-18-36-13-12-24-23-10-9-22(41-2)16-26(23)35-32(24)27(36)17-25(21)31(33(28)42-3)34(38)43-4/h6-11,14,16,21,25,27-28,31,33,35H,12-13,15,17-18H2,1-5H3/b11-8+/t21-,25+,27-,28-,31+,33+/m1/s1. The Hall–Kier alpha value is -3.67. The second kappa shape index (κ2) is 12.3. The molecule has 6 atom stereocenters. The quantitative estimate of drug-likeness (QED) is 0.299. The van der Waals surface area contributed by atoms with Crippen molar-refractivity contribution in [2.75, 3.05) is 40.7 Å². The summed E-state index contributed by atoms with van der Waals surface area (Å²) in [7, 11) is 1.17. The number of aryl methyl sites for hydroxylation is 1. The molecule has 10 nitrogen and oxygen atoms in total. The van der Waals surface area contributed by atoms with Crippen molar-refractivity contribution in [3.8, 4) is 5.75 Å². The number of carbonyl (C=O) groups excluding carboxylic acids is 2. The van der Waals surface area contributed by atoms with E-state index in [9.17, 15) is 18.0 Å². The number of esters is 2. The van der Waals surface area contributed by atoms with Crippen molar-refractivity contribution in [1.82, 2.24) is 9.88 Å². The summed E-state index contributed by atoms with van der Waals surface area (Å²) in [6, 6.07) is 11.2. The fourth-order valence-electron chi connectivity index (χ4n) is 7.83. The molecular weight excluding hydrogens is 596 g/mol. The summed E-state index contributed by atoms with van der Waals surface area (Å²) < 4.78 is 46.9. The number of hydrogen-bond acceptors (Lipinski definition) is 9. The Morgan fingerprint density at radius 1 is 1.07 bits per heavy atom. The number of hydrogen-bond donors (Lipinski definition) is 1. The maximum absolute atomic E-state index is 13.3. The first kappa shape index (κ1) is 31.3. The van der Waals surface area contributed by atoms with Gasteiger partial charge >= 0.3 is 11.9 Å². The minimum Gasteiger partial charge on any atom is -0.497 e. The molecule has 1 N–H and O–H groups in total. The molecule has 1 saturated carbocycles. The highest BCUT2D eigenvalue weighted by molar-refractivity contribution is 7.90. The van der Waals surface area contributed by atoms with E-state index in [2.05, 4.69) is 16.0 Å². The number of nitrogens with one attached hydrogen (secondary N) is 1. The van der Waals surface area contributed by atoms with Crippen LogP contribution >= 0.6 is 0 Å². The van der Waals surface area contributed by atoms with Crippen LogP contribution in [0.15, 0.2) is 47.4 Å². The largest absolute Gasteiger partial charge is 0.497 e. The van der Waals surface area contributed by atoms with Gasteiger partial charge in [-0.25, -0.2) is 13.2 Å². The lowest BCUT2D eigenvalue weighted by atomic mass is 9.63. The summed E-state index contributed by atoms with van der Waals surface area (Å²) in [5, 5.41) is 1.20. The molecule has 0 unspecified atom stereocenters. The number of rotatable bonds is 7. The Kier molecular flexibility index (Phi) is 8.53. The number of methoxy groups -OCH3 is 3. The SMILES string of the molecule is COC(=O)[C@H]1[C@H]2C[C@@H]3c4[nH]c5cc(OC)ccc5c4CCN3C[C@H]2C[C@@H](OC(=O)/C=C/c2ccc(C)c(S(C)(=O)=O)c2)[C@@H]1OC. The number of ether oxygens (including phenoxy) is 4. The summed E-state index contributed by atoms with van der Waals surface area (Å²) in [5.41, 5.74) is 4.75. The smallest absolute Gasteiger partial charge is 0.331 e. The minimum absolute atomic E-state index is 0.0250. The van der Waals surface area contributed by atoms with Crippen LogP contribution in [0, 0.1) is 24.7 Å². The molecule has 3 aliphatic rings. The van der Waals surface area contributed by atoms with Gasteiger partial charge in [-0.2, -0.15) is 0 Å². The third kappa shape index (κ3) is 5.89. The molecule has 0 radical (unpaired) electrons. The monoisotopic (exact) mass is 636 g/mol. The van der Waals surface area contributed by atoms with Gasteiger partial charge in [0.1, 0.15) is 18.0 Å². The highest BCUT2D eigenvalue weighted by atomic mass is 32.2. The third-order valence-electron chi connectivity index (χ3n) is 9.89. The number of carbonyl (C=O) groups is 2. The summed E-state index contributed by atoms with van der Waals surface area (Å²) >= 11 is 0. The van der Waals surface area contributed by atoms with Crippen LogP contribution in [0.1, 0.15) is 41.3 Å². The van der Waals surface area contributed by atoms with Crippen LogP contribution in [0.3, 0.4) is 0 Å². The molecule has 6 rings (SSSR count). The summed E-state index contributed by atoms with van der Waals surface area (Å²) in [4.78, 5) is 32.8. The zero-order chi connectivity index (χ0) is 32.0. The van der Waals surface area contributed by atoms with Crippen LogP contribution in [0.4, 0.5) is 0 Å². The van der Waals surface area contributed by atoms with E-state index in [1.165, 1.54) is 49.1 Å². The number of aromatic nitrogens is 1. The van der Waals surface area contributed by atoms with Crippen molar-refractivity contribution >= 4 is 38.8 Å². The number of aromatic amines is 1. The lowest BCUT2D eigenvalue weighted by molar-refractivity contribution is -0.187. The van der Waals surface area contributed by atoms with Gasteiger partial charge in [0, 0.05) is 55.2 Å². The van der Waals surface area contributed by atoms with E-state index in [0.29, 0.717) is 17.5 Å². The molecule has 2 fully saturated rings. The van der Waals surface area contributed by atoms with Crippen LogP contribution in [-0.4, -0.2) is 83.1 Å². The second-order valence-corrected chi connectivity index (χ2v) is 14.4. The van der Waals surface area contributed by atoms with E-state index in [1.54, 1.807) is 26.2 Å². The van der Waals surface area contributed by atoms with E-state index in [4.69, 9.17) is 18.9 Å². The van der Waals surface area contributed by atoms with Crippen molar-refractivity contribution < 1.29 is 37.0 Å². The highest BCUT2D eigenvalue weighted by Gasteiger charge is 2.54. The zero-order valence-electron chi connectivity index (χ0n) is 26.2. The first-order valence-electron chi connectivity index (χ1n) is 15.2. The summed E-state index contributed by atoms with van der Waals surface area (Å²) in [6.45, 7) is 3.39. The van der Waals surface area contributed by atoms with Crippen LogP contribution < -0.4 is 4.74 Å². The van der Waals surface area contributed by atoms with Gasteiger partial charge in [-0.15, -0.1) is 0 Å². The van der Waals surface area contributed by atoms with Gasteiger partial charge in [-0.1, -0.05) is 12.1 Å². The van der Waals surface area contributed by atoms with Crippen LogP contribution in [0.5, 0.6) is 5.75 Å². The van der Waals surface area contributed by atoms with Gasteiger partial charge in [-0.3, -0.25) is 9.69 Å². The zero-order valence-corrected chi connectivity index (χ0v) is 27.1. The van der Waals surface area contributed by atoms with Crippen molar-refractivity contribution in [1.29, 1.82) is 0 Å². The fraction of sp³-hybridized carbons (Fsp3) is 0.471. The van der Waals surface area contributed by atoms with Crippen molar-refractivity contribution in [3.63, 3.8) is 0 Å². The molecule has 1 aromatic heterocycles. The fourth-order valence-corrected chi connectivity index (χ4v) is 8.83. The molecule has 45 heavy (non-hydrogen) atoms. The lowest BCUT2D eigenvalue weighted by Crippen LogP contribution is -2.58. The molecule has 11 heteroatoms. The maximum atomic E-state index is 13.3. The average Bonchev–Trinajstić information content (AvgIpc) is 3.40. The van der Waals surface area contributed by atoms with E-state index in [1.807, 2.05) is 12.1 Å². The van der Waals surface area contributed by atoms with E-state index < -0.39 is 33.9 Å². The molecule has 3 aromatic rings. The van der Waals surface area contributed by atoms with Gasteiger partial charge in [0.15, 0.2) is 9.84 Å². The first-order chi connectivity index (χ1) is 21.5. The average molecular weight is 637 g/mol. The molecular formula is C34H40N2O8S. The molecule has 1 saturated heterocycles. The number of piperidine rings is 1. The van der Waals surface area contributed by atoms with Gasteiger partial charge in [-0.05, 0) is 79.0 Å². The molecule has 240 valence electrons. The Morgan fingerprint density at radius 2 is 1.87 bits per heavy atom. The van der Waals surface area contributed by atoms with Crippen LogP contribution in [0.2, 0.25) is 0 Å². The van der Waals surface area contributed by atoms with Gasteiger partial charge < -0.3 is 23.9 Å². The first-order valence-corrected chi connectivity index (χ1v) is 17.1. The molecule has 0 bridgehead atoms. The van der Waals surface area contributed by atoms with Crippen LogP contribution in [0.25, 0.3) is 17.0 Å². The Labute approximate surface area is 263 Å². The highest BCUT2D eigenvalue weighted by Crippen LogP contribution is 2.50. The van der Waals surface area contributed by atoms with Gasteiger partial charge in [0.05, 0.1) is 31.1 Å². The second-order valence-electron chi connectivity index (χ2n) is 12.4. The molecule has 3 heterocycles. The van der Waals surface area contributed by atoms with Crippen molar-refractivity contribution in [3.05, 3.63) is 64.9 Å². The maximum Gasteiger partial charge on any atom is 0.331 e. The predicted molar refractivity (Wildman–Crippen MR) is 169 cm³/mol. The normalized spacial score (nSPS) is 26.6. The lowest BCUT2D eigenvalue weighted by Gasteiger charge is -2.52. The summed E-state index contributed by atoms with van der Waals surface area (Å²) in [6.07, 6.45) is 4.87. The van der Waals surface area contributed by atoms with Crippen molar-refractivity contribution in [2.45, 2.75) is 49.3 Å². The van der Waals surface area contributed by atoms with Crippen molar-refractivity contribution in [2.24, 2.45) is 17.8 Å². The number of benzene rings is 2. The Balaban J connectivity index is 1.24. The predicted octanol–water partition coefficient (Wildman–Crippen LogP) is 4.26. The Bertz CT molecular complexity index is 1760. The van der Waals surface area contributed by atoms with Crippen LogP contribution in [-0.2, 0) is 40.1 Å². The van der Waals surface area contributed by atoms with E-state index in [0.717, 1.165) is 43.5 Å². The molecule has 2 aromatic carbocycles. The van der Waals surface area contributed by atoms with E-state index in [-0.39, 0.29) is 28.7 Å². The number of fused-ring (bicyclic) bond motifs is 6. The van der Waals surface area contributed by atoms with Gasteiger partial charge in [0.2, 0.25) is 0 Å². The molecule has 1 aliphatic carbocycles. The Morgan fingerprint density at radius 3 is 2.58 bits per heavy atom. The number of nitrogens with zero attached hydrogens (tertiary/aromatic N) is 1. The third-order valence-corrected chi connectivity index (χ3v) is 11.1. The molecule has 2 aliphatic heterocycles. The topological polar surface area (TPSA) is 124 Å². The molecule has 0 spiro atoms. The number of sulfone groups is 1. The minimum atomic E-state index is -3.41.